The molecule has 0 unspecified atom stereocenters. The van der Waals surface area contributed by atoms with Crippen LogP contribution in [-0.4, -0.2) is 30.9 Å². The molecule has 27 heavy (non-hydrogen) atoms. The van der Waals surface area contributed by atoms with Crippen molar-refractivity contribution in [1.29, 1.82) is 0 Å². The molecule has 1 saturated carbocycles. The van der Waals surface area contributed by atoms with Crippen molar-refractivity contribution in [2.45, 2.75) is 18.9 Å². The molecule has 1 fully saturated rings. The molecule has 0 atom stereocenters. The maximum atomic E-state index is 12.4. The van der Waals surface area contributed by atoms with Gasteiger partial charge in [0.1, 0.15) is 0 Å². The number of urea groups is 1. The third-order valence-electron chi connectivity index (χ3n) is 4.01. The standard InChI is InChI=1S/C19H19ClN4O3/c1-21-18(26)15-10-14(8-9-16(15)20)22-17(25)11-2-4-12(5-3-11)23-19(27)24-13-6-7-13/h2-5,8-10,13H,6-7H2,1H3,(H,21,26)(H,22,25)(H2,23,24,27). The summed E-state index contributed by atoms with van der Waals surface area (Å²) in [4.78, 5) is 35.9. The van der Waals surface area contributed by atoms with E-state index in [1.165, 1.54) is 13.1 Å². The number of hydrogen-bond donors (Lipinski definition) is 4. The van der Waals surface area contributed by atoms with E-state index < -0.39 is 0 Å². The molecular formula is C19H19ClN4O3. The van der Waals surface area contributed by atoms with Crippen LogP contribution < -0.4 is 21.3 Å². The average molecular weight is 387 g/mol. The van der Waals surface area contributed by atoms with Gasteiger partial charge in [0.15, 0.2) is 0 Å². The smallest absolute Gasteiger partial charge is 0.319 e. The van der Waals surface area contributed by atoms with E-state index in [1.807, 2.05) is 0 Å². The van der Waals surface area contributed by atoms with Crippen LogP contribution in [0.5, 0.6) is 0 Å². The van der Waals surface area contributed by atoms with Crippen LogP contribution in [0.15, 0.2) is 42.5 Å². The van der Waals surface area contributed by atoms with Crippen LogP contribution in [0.2, 0.25) is 5.02 Å². The van der Waals surface area contributed by atoms with Gasteiger partial charge in [-0.3, -0.25) is 9.59 Å². The third-order valence-corrected chi connectivity index (χ3v) is 4.34. The van der Waals surface area contributed by atoms with Gasteiger partial charge >= 0.3 is 6.03 Å². The number of rotatable bonds is 5. The zero-order valence-electron chi connectivity index (χ0n) is 14.6. The van der Waals surface area contributed by atoms with Crippen LogP contribution in [0.25, 0.3) is 0 Å². The van der Waals surface area contributed by atoms with Crippen LogP contribution in [0.4, 0.5) is 16.2 Å². The predicted octanol–water partition coefficient (Wildman–Crippen LogP) is 3.24. The maximum absolute atomic E-state index is 12.4. The van der Waals surface area contributed by atoms with Gasteiger partial charge in [-0.2, -0.15) is 0 Å². The van der Waals surface area contributed by atoms with Gasteiger partial charge in [-0.05, 0) is 55.3 Å². The molecule has 2 aromatic rings. The van der Waals surface area contributed by atoms with Crippen LogP contribution in [0, 0.1) is 0 Å². The molecule has 7 nitrogen and oxygen atoms in total. The number of carbonyl (C=O) groups excluding carboxylic acids is 3. The van der Waals surface area contributed by atoms with E-state index in [1.54, 1.807) is 36.4 Å². The molecule has 0 aliphatic heterocycles. The second-order valence-electron chi connectivity index (χ2n) is 6.18. The lowest BCUT2D eigenvalue weighted by atomic mass is 10.1. The zero-order valence-corrected chi connectivity index (χ0v) is 15.4. The fourth-order valence-corrected chi connectivity index (χ4v) is 2.60. The van der Waals surface area contributed by atoms with Crippen molar-refractivity contribution in [3.8, 4) is 0 Å². The molecule has 8 heteroatoms. The summed E-state index contributed by atoms with van der Waals surface area (Å²) < 4.78 is 0. The van der Waals surface area contributed by atoms with Crippen molar-refractivity contribution in [2.75, 3.05) is 17.7 Å². The van der Waals surface area contributed by atoms with Gasteiger partial charge in [0, 0.05) is 30.0 Å². The molecule has 2 aromatic carbocycles. The Morgan fingerprint density at radius 1 is 0.926 bits per heavy atom. The number of benzene rings is 2. The molecule has 1 aliphatic carbocycles. The summed E-state index contributed by atoms with van der Waals surface area (Å²) in [6, 6.07) is 11.2. The van der Waals surface area contributed by atoms with E-state index >= 15 is 0 Å². The highest BCUT2D eigenvalue weighted by Gasteiger charge is 2.23. The molecule has 0 saturated heterocycles. The van der Waals surface area contributed by atoms with Gasteiger partial charge in [0.05, 0.1) is 10.6 Å². The highest BCUT2D eigenvalue weighted by Crippen LogP contribution is 2.22. The lowest BCUT2D eigenvalue weighted by Crippen LogP contribution is -2.30. The SMILES string of the molecule is CNC(=O)c1cc(NC(=O)c2ccc(NC(=O)NC3CC3)cc2)ccc1Cl. The molecule has 0 aromatic heterocycles. The van der Waals surface area contributed by atoms with Gasteiger partial charge in [-0.25, -0.2) is 4.79 Å². The van der Waals surface area contributed by atoms with Gasteiger partial charge in [0.25, 0.3) is 11.8 Å². The summed E-state index contributed by atoms with van der Waals surface area (Å²) in [7, 11) is 1.50. The molecule has 0 bridgehead atoms. The molecular weight excluding hydrogens is 368 g/mol. The first-order valence-electron chi connectivity index (χ1n) is 8.47. The minimum absolute atomic E-state index is 0.252. The van der Waals surface area contributed by atoms with Crippen LogP contribution >= 0.6 is 11.6 Å². The van der Waals surface area contributed by atoms with E-state index in [2.05, 4.69) is 21.3 Å². The van der Waals surface area contributed by atoms with Crippen LogP contribution in [0.1, 0.15) is 33.6 Å². The Morgan fingerprint density at radius 3 is 2.22 bits per heavy atom. The summed E-state index contributed by atoms with van der Waals surface area (Å²) in [5.74, 6) is -0.676. The van der Waals surface area contributed by atoms with E-state index in [-0.39, 0.29) is 29.5 Å². The molecule has 4 N–H and O–H groups in total. The maximum Gasteiger partial charge on any atom is 0.319 e. The highest BCUT2D eigenvalue weighted by molar-refractivity contribution is 6.34. The summed E-state index contributed by atoms with van der Waals surface area (Å²) in [5, 5.41) is 11.1. The fourth-order valence-electron chi connectivity index (χ4n) is 2.40. The lowest BCUT2D eigenvalue weighted by Gasteiger charge is -2.10. The van der Waals surface area contributed by atoms with E-state index in [9.17, 15) is 14.4 Å². The Balaban J connectivity index is 1.64. The van der Waals surface area contributed by atoms with Crippen molar-refractivity contribution in [3.05, 3.63) is 58.6 Å². The lowest BCUT2D eigenvalue weighted by molar-refractivity contribution is 0.0961. The molecule has 0 spiro atoms. The molecule has 0 radical (unpaired) electrons. The average Bonchev–Trinajstić information content (AvgIpc) is 3.47. The van der Waals surface area contributed by atoms with Crippen molar-refractivity contribution >= 4 is 40.8 Å². The van der Waals surface area contributed by atoms with Gasteiger partial charge in [0.2, 0.25) is 0 Å². The molecule has 1 aliphatic rings. The fraction of sp³-hybridized carbons (Fsp3) is 0.211. The largest absolute Gasteiger partial charge is 0.355 e. The second-order valence-corrected chi connectivity index (χ2v) is 6.59. The molecule has 4 amide bonds. The van der Waals surface area contributed by atoms with Crippen molar-refractivity contribution in [3.63, 3.8) is 0 Å². The minimum atomic E-state index is -0.339. The molecule has 3 rings (SSSR count). The van der Waals surface area contributed by atoms with Gasteiger partial charge < -0.3 is 21.3 Å². The Hall–Kier alpha value is -3.06. The van der Waals surface area contributed by atoms with Gasteiger partial charge in [-0.15, -0.1) is 0 Å². The van der Waals surface area contributed by atoms with E-state index in [4.69, 9.17) is 11.6 Å². The predicted molar refractivity (Wildman–Crippen MR) is 104 cm³/mol. The second kappa shape index (κ2) is 8.09. The Kier molecular flexibility index (Phi) is 5.61. The monoisotopic (exact) mass is 386 g/mol. The number of hydrogen-bond acceptors (Lipinski definition) is 3. The van der Waals surface area contributed by atoms with E-state index in [0.29, 0.717) is 22.0 Å². The molecule has 140 valence electrons. The quantitative estimate of drug-likeness (QED) is 0.634. The first-order chi connectivity index (χ1) is 13.0. The molecule has 0 heterocycles. The Bertz CT molecular complexity index is 879. The third kappa shape index (κ3) is 4.98. The minimum Gasteiger partial charge on any atom is -0.355 e. The topological polar surface area (TPSA) is 99.3 Å². The van der Waals surface area contributed by atoms with Crippen molar-refractivity contribution in [1.82, 2.24) is 10.6 Å². The summed E-state index contributed by atoms with van der Waals surface area (Å²) in [5.41, 5.74) is 1.74. The number of anilines is 2. The Labute approximate surface area is 161 Å². The van der Waals surface area contributed by atoms with Crippen molar-refractivity contribution in [2.24, 2.45) is 0 Å². The van der Waals surface area contributed by atoms with Gasteiger partial charge in [-0.1, -0.05) is 11.6 Å². The highest BCUT2D eigenvalue weighted by atomic mass is 35.5. The number of carbonyl (C=O) groups is 3. The van der Waals surface area contributed by atoms with Crippen LogP contribution in [-0.2, 0) is 0 Å². The normalized spacial score (nSPS) is 12.8. The zero-order chi connectivity index (χ0) is 19.4. The summed E-state index contributed by atoms with van der Waals surface area (Å²) in [6.45, 7) is 0. The van der Waals surface area contributed by atoms with Crippen molar-refractivity contribution < 1.29 is 14.4 Å². The number of halogens is 1. The Morgan fingerprint density at radius 2 is 1.59 bits per heavy atom. The number of amides is 4. The first-order valence-corrected chi connectivity index (χ1v) is 8.84. The summed E-state index contributed by atoms with van der Waals surface area (Å²) >= 11 is 6.00. The first kappa shape index (κ1) is 18.7. The van der Waals surface area contributed by atoms with Crippen LogP contribution in [0.3, 0.4) is 0 Å². The number of nitrogens with one attached hydrogen (secondary N) is 4. The van der Waals surface area contributed by atoms with E-state index in [0.717, 1.165) is 12.8 Å². The summed E-state index contributed by atoms with van der Waals surface area (Å²) in [6.07, 6.45) is 2.03.